The Morgan fingerprint density at radius 3 is 2.94 bits per heavy atom. The minimum atomic E-state index is 0.846. The molecule has 92 valence electrons. The number of pyridine rings is 1. The van der Waals surface area contributed by atoms with E-state index in [1.165, 1.54) is 22.4 Å². The van der Waals surface area contributed by atoms with Gasteiger partial charge in [0.25, 0.3) is 0 Å². The summed E-state index contributed by atoms with van der Waals surface area (Å²) >= 11 is 0. The van der Waals surface area contributed by atoms with Gasteiger partial charge in [-0.15, -0.1) is 0 Å². The lowest BCUT2D eigenvalue weighted by molar-refractivity contribution is 0.728. The van der Waals surface area contributed by atoms with Crippen LogP contribution in [0.15, 0.2) is 36.7 Å². The Bertz CT molecular complexity index is 578. The van der Waals surface area contributed by atoms with E-state index < -0.39 is 0 Å². The first-order valence-electron chi connectivity index (χ1n) is 6.27. The summed E-state index contributed by atoms with van der Waals surface area (Å²) in [6, 6.07) is 8.29. The summed E-state index contributed by atoms with van der Waals surface area (Å²) in [7, 11) is 0. The fourth-order valence-corrected chi connectivity index (χ4v) is 2.57. The first-order chi connectivity index (χ1) is 8.74. The fourth-order valence-electron chi connectivity index (χ4n) is 2.57. The number of nitrogens with zero attached hydrogens (tertiary/aromatic N) is 2. The van der Waals surface area contributed by atoms with Gasteiger partial charge in [-0.05, 0) is 48.2 Å². The molecule has 0 spiro atoms. The van der Waals surface area contributed by atoms with Crippen LogP contribution in [0.1, 0.15) is 16.7 Å². The minimum absolute atomic E-state index is 0.846. The number of anilines is 2. The predicted octanol–water partition coefficient (Wildman–Crippen LogP) is 2.53. The summed E-state index contributed by atoms with van der Waals surface area (Å²) in [5.41, 5.74) is 12.0. The normalized spacial score (nSPS) is 14.4. The standard InChI is InChI=1S/C15H17N3/c1-11-4-6-17-9-15(11)18-7-5-12-2-3-14(16)8-13(12)10-18/h2-4,6,8-9H,5,7,10,16H2,1H3. The second kappa shape index (κ2) is 4.33. The third-order valence-electron chi connectivity index (χ3n) is 3.59. The first kappa shape index (κ1) is 11.1. The molecule has 0 saturated carbocycles. The number of hydrogen-bond donors (Lipinski definition) is 1. The highest BCUT2D eigenvalue weighted by molar-refractivity contribution is 5.55. The fraction of sp³-hybridized carbons (Fsp3) is 0.267. The van der Waals surface area contributed by atoms with Crippen LogP contribution in [0.2, 0.25) is 0 Å². The molecular weight excluding hydrogens is 222 g/mol. The maximum absolute atomic E-state index is 5.87. The van der Waals surface area contributed by atoms with Crippen LogP contribution < -0.4 is 10.6 Å². The summed E-state index contributed by atoms with van der Waals surface area (Å²) in [5, 5.41) is 0. The van der Waals surface area contributed by atoms with Gasteiger partial charge in [-0.1, -0.05) is 6.07 Å². The van der Waals surface area contributed by atoms with Gasteiger partial charge in [0.1, 0.15) is 0 Å². The van der Waals surface area contributed by atoms with Crippen molar-refractivity contribution in [1.29, 1.82) is 0 Å². The Balaban J connectivity index is 1.93. The average molecular weight is 239 g/mol. The molecule has 1 aliphatic rings. The van der Waals surface area contributed by atoms with Crippen molar-refractivity contribution in [1.82, 2.24) is 4.98 Å². The van der Waals surface area contributed by atoms with E-state index in [0.29, 0.717) is 0 Å². The third-order valence-corrected chi connectivity index (χ3v) is 3.59. The van der Waals surface area contributed by atoms with Crippen LogP contribution in [0.3, 0.4) is 0 Å². The van der Waals surface area contributed by atoms with Gasteiger partial charge in [0.05, 0.1) is 11.9 Å². The number of aromatic nitrogens is 1. The summed E-state index contributed by atoms with van der Waals surface area (Å²) in [6.45, 7) is 4.10. The Morgan fingerprint density at radius 2 is 2.11 bits per heavy atom. The van der Waals surface area contributed by atoms with Crippen LogP contribution in [0.4, 0.5) is 11.4 Å². The van der Waals surface area contributed by atoms with Gasteiger partial charge in [-0.2, -0.15) is 0 Å². The van der Waals surface area contributed by atoms with Gasteiger partial charge in [0.2, 0.25) is 0 Å². The molecular formula is C15H17N3. The Labute approximate surface area is 107 Å². The zero-order valence-electron chi connectivity index (χ0n) is 10.6. The van der Waals surface area contributed by atoms with Gasteiger partial charge in [0.15, 0.2) is 0 Å². The van der Waals surface area contributed by atoms with Crippen molar-refractivity contribution in [3.8, 4) is 0 Å². The number of aryl methyl sites for hydroxylation is 1. The molecule has 3 heteroatoms. The SMILES string of the molecule is Cc1ccncc1N1CCc2ccc(N)cc2C1. The number of hydrogen-bond acceptors (Lipinski definition) is 3. The molecule has 0 saturated heterocycles. The average Bonchev–Trinajstić information content (AvgIpc) is 2.38. The van der Waals surface area contributed by atoms with Crippen LogP contribution in [-0.4, -0.2) is 11.5 Å². The largest absolute Gasteiger partial charge is 0.399 e. The minimum Gasteiger partial charge on any atom is -0.399 e. The van der Waals surface area contributed by atoms with E-state index in [1.807, 2.05) is 18.5 Å². The summed E-state index contributed by atoms with van der Waals surface area (Å²) in [6.07, 6.45) is 4.87. The number of benzene rings is 1. The number of nitrogens with two attached hydrogens (primary N) is 1. The predicted molar refractivity (Wildman–Crippen MR) is 74.6 cm³/mol. The smallest absolute Gasteiger partial charge is 0.0585 e. The molecule has 3 rings (SSSR count). The van der Waals surface area contributed by atoms with Crippen molar-refractivity contribution in [3.05, 3.63) is 53.3 Å². The lowest BCUT2D eigenvalue weighted by Gasteiger charge is -2.31. The number of fused-ring (bicyclic) bond motifs is 1. The number of nitrogen functional groups attached to an aromatic ring is 1. The summed E-state index contributed by atoms with van der Waals surface area (Å²) in [4.78, 5) is 6.61. The highest BCUT2D eigenvalue weighted by atomic mass is 15.1. The molecule has 2 aromatic rings. The molecule has 2 N–H and O–H groups in total. The molecule has 0 amide bonds. The molecule has 1 aromatic heterocycles. The monoisotopic (exact) mass is 239 g/mol. The highest BCUT2D eigenvalue weighted by Gasteiger charge is 2.17. The van der Waals surface area contributed by atoms with Crippen molar-refractivity contribution in [3.63, 3.8) is 0 Å². The van der Waals surface area contributed by atoms with E-state index in [-0.39, 0.29) is 0 Å². The molecule has 0 unspecified atom stereocenters. The van der Waals surface area contributed by atoms with Crippen molar-refractivity contribution in [2.75, 3.05) is 17.2 Å². The summed E-state index contributed by atoms with van der Waals surface area (Å²) in [5.74, 6) is 0. The first-order valence-corrected chi connectivity index (χ1v) is 6.27. The molecule has 1 aromatic carbocycles. The quantitative estimate of drug-likeness (QED) is 0.778. The zero-order valence-corrected chi connectivity index (χ0v) is 10.6. The molecule has 3 nitrogen and oxygen atoms in total. The third kappa shape index (κ3) is 1.92. The van der Waals surface area contributed by atoms with Crippen LogP contribution in [0.25, 0.3) is 0 Å². The van der Waals surface area contributed by atoms with Gasteiger partial charge in [-0.3, -0.25) is 4.98 Å². The van der Waals surface area contributed by atoms with Crippen LogP contribution >= 0.6 is 0 Å². The van der Waals surface area contributed by atoms with Crippen LogP contribution in [-0.2, 0) is 13.0 Å². The number of rotatable bonds is 1. The highest BCUT2D eigenvalue weighted by Crippen LogP contribution is 2.27. The van der Waals surface area contributed by atoms with Crippen molar-refractivity contribution in [2.45, 2.75) is 19.9 Å². The molecule has 18 heavy (non-hydrogen) atoms. The van der Waals surface area contributed by atoms with Crippen LogP contribution in [0.5, 0.6) is 0 Å². The lowest BCUT2D eigenvalue weighted by Crippen LogP contribution is -2.31. The topological polar surface area (TPSA) is 42.2 Å². The second-order valence-electron chi connectivity index (χ2n) is 4.86. The molecule has 0 radical (unpaired) electrons. The summed E-state index contributed by atoms with van der Waals surface area (Å²) < 4.78 is 0. The van der Waals surface area contributed by atoms with Crippen molar-refractivity contribution in [2.24, 2.45) is 0 Å². The van der Waals surface area contributed by atoms with E-state index >= 15 is 0 Å². The van der Waals surface area contributed by atoms with E-state index in [0.717, 1.165) is 25.2 Å². The Morgan fingerprint density at radius 1 is 1.22 bits per heavy atom. The lowest BCUT2D eigenvalue weighted by atomic mass is 9.98. The van der Waals surface area contributed by atoms with Gasteiger partial charge >= 0.3 is 0 Å². The second-order valence-corrected chi connectivity index (χ2v) is 4.86. The van der Waals surface area contributed by atoms with E-state index in [9.17, 15) is 0 Å². The molecule has 0 aliphatic carbocycles. The van der Waals surface area contributed by atoms with Crippen LogP contribution in [0, 0.1) is 6.92 Å². The molecule has 1 aliphatic heterocycles. The Kier molecular flexibility index (Phi) is 2.67. The van der Waals surface area contributed by atoms with Gasteiger partial charge in [-0.25, -0.2) is 0 Å². The van der Waals surface area contributed by atoms with E-state index in [2.05, 4.69) is 35.0 Å². The van der Waals surface area contributed by atoms with Gasteiger partial charge < -0.3 is 10.6 Å². The maximum Gasteiger partial charge on any atom is 0.0585 e. The maximum atomic E-state index is 5.87. The molecule has 0 atom stereocenters. The zero-order chi connectivity index (χ0) is 12.5. The van der Waals surface area contributed by atoms with E-state index in [4.69, 9.17) is 5.73 Å². The van der Waals surface area contributed by atoms with E-state index in [1.54, 1.807) is 0 Å². The molecule has 0 bridgehead atoms. The Hall–Kier alpha value is -2.03. The molecule has 2 heterocycles. The molecule has 0 fully saturated rings. The van der Waals surface area contributed by atoms with Crippen molar-refractivity contribution >= 4 is 11.4 Å². The van der Waals surface area contributed by atoms with Gasteiger partial charge in [0, 0.05) is 25.0 Å². The van der Waals surface area contributed by atoms with Crippen molar-refractivity contribution < 1.29 is 0 Å².